The number of rotatable bonds is 8. The average molecular weight is 356 g/mol. The zero-order valence-electron chi connectivity index (χ0n) is 12.2. The number of carbonyl (C=O) groups is 1. The predicted octanol–water partition coefficient (Wildman–Crippen LogP) is 3.25. The molecule has 0 radical (unpaired) electrons. The molecule has 1 rings (SSSR count). The molecule has 1 aromatic rings. The third-order valence-corrected chi connectivity index (χ3v) is 3.63. The van der Waals surface area contributed by atoms with Crippen LogP contribution >= 0.6 is 35.6 Å². The zero-order chi connectivity index (χ0) is 15.0. The van der Waals surface area contributed by atoms with E-state index in [1.54, 1.807) is 30.1 Å². The summed E-state index contributed by atoms with van der Waals surface area (Å²) in [5, 5.41) is 3.88. The number of hydrogen-bond acceptors (Lipinski definition) is 3. The summed E-state index contributed by atoms with van der Waals surface area (Å²) in [4.78, 5) is 13.5. The molecule has 0 heterocycles. The van der Waals surface area contributed by atoms with Crippen molar-refractivity contribution in [3.8, 4) is 5.75 Å². The van der Waals surface area contributed by atoms with Crippen molar-refractivity contribution in [1.29, 1.82) is 0 Å². The first-order valence-corrected chi connectivity index (χ1v) is 7.27. The van der Waals surface area contributed by atoms with Gasteiger partial charge in [0.25, 0.3) is 0 Å². The second kappa shape index (κ2) is 11.0. The Balaban J connectivity index is 0.00000400. The van der Waals surface area contributed by atoms with Gasteiger partial charge in [-0.15, -0.1) is 12.4 Å². The maximum Gasteiger partial charge on any atom is 0.222 e. The summed E-state index contributed by atoms with van der Waals surface area (Å²) < 4.78 is 5.53. The summed E-state index contributed by atoms with van der Waals surface area (Å²) in [6.45, 7) is 1.93. The van der Waals surface area contributed by atoms with Crippen LogP contribution in [0.5, 0.6) is 5.75 Å². The number of nitrogens with one attached hydrogen (secondary N) is 1. The van der Waals surface area contributed by atoms with E-state index >= 15 is 0 Å². The highest BCUT2D eigenvalue weighted by molar-refractivity contribution is 6.42. The normalized spacial score (nSPS) is 9.90. The Morgan fingerprint density at radius 1 is 1.38 bits per heavy atom. The molecule has 0 aliphatic heterocycles. The smallest absolute Gasteiger partial charge is 0.222 e. The van der Waals surface area contributed by atoms with Crippen molar-refractivity contribution in [1.82, 2.24) is 10.2 Å². The summed E-state index contributed by atoms with van der Waals surface area (Å²) >= 11 is 11.9. The van der Waals surface area contributed by atoms with Gasteiger partial charge in [-0.2, -0.15) is 0 Å². The molecule has 0 unspecified atom stereocenters. The van der Waals surface area contributed by atoms with E-state index in [1.165, 1.54) is 0 Å². The van der Waals surface area contributed by atoms with Gasteiger partial charge in [0.1, 0.15) is 10.8 Å². The summed E-state index contributed by atoms with van der Waals surface area (Å²) in [5.41, 5.74) is 0. The molecule has 1 amide bonds. The first-order valence-electron chi connectivity index (χ1n) is 6.51. The van der Waals surface area contributed by atoms with Gasteiger partial charge in [-0.05, 0) is 25.6 Å². The Kier molecular flexibility index (Phi) is 10.6. The summed E-state index contributed by atoms with van der Waals surface area (Å²) in [5.74, 6) is 0.663. The van der Waals surface area contributed by atoms with Crippen LogP contribution in [-0.4, -0.2) is 44.6 Å². The number of likely N-dealkylation sites (N-methyl/N-ethyl adjacent to an activating group) is 2. The molecule has 0 saturated heterocycles. The number of ether oxygens (including phenoxy) is 1. The molecule has 7 heteroatoms. The lowest BCUT2D eigenvalue weighted by Crippen LogP contribution is -2.32. The lowest BCUT2D eigenvalue weighted by molar-refractivity contribution is -0.130. The summed E-state index contributed by atoms with van der Waals surface area (Å²) in [7, 11) is 3.66. The van der Waals surface area contributed by atoms with Gasteiger partial charge >= 0.3 is 0 Å². The molecule has 1 aromatic carbocycles. The molecule has 0 bridgehead atoms. The maximum atomic E-state index is 11.8. The highest BCUT2D eigenvalue weighted by atomic mass is 35.5. The standard InChI is InChI=1S/C14H20Cl2N2O2.ClH/c1-17-8-9-18(2)13(19)7-4-10-20-12-6-3-5-11(15)14(12)16;/h3,5-6,17H,4,7-10H2,1-2H3;1H. The van der Waals surface area contributed by atoms with Gasteiger partial charge < -0.3 is 15.0 Å². The van der Waals surface area contributed by atoms with E-state index in [0.717, 1.165) is 6.54 Å². The predicted molar refractivity (Wildman–Crippen MR) is 90.0 cm³/mol. The van der Waals surface area contributed by atoms with Crippen LogP contribution in [0.2, 0.25) is 10.0 Å². The van der Waals surface area contributed by atoms with Crippen LogP contribution in [0.1, 0.15) is 12.8 Å². The Labute approximate surface area is 142 Å². The molecular weight excluding hydrogens is 335 g/mol. The van der Waals surface area contributed by atoms with Gasteiger partial charge in [0, 0.05) is 26.6 Å². The zero-order valence-corrected chi connectivity index (χ0v) is 14.5. The molecule has 120 valence electrons. The second-order valence-corrected chi connectivity index (χ2v) is 5.21. The first kappa shape index (κ1) is 20.3. The molecule has 0 saturated carbocycles. The molecule has 0 atom stereocenters. The minimum atomic E-state index is 0. The fraction of sp³-hybridized carbons (Fsp3) is 0.500. The number of hydrogen-bond donors (Lipinski definition) is 1. The molecule has 0 spiro atoms. The van der Waals surface area contributed by atoms with Gasteiger partial charge in [-0.1, -0.05) is 29.3 Å². The largest absolute Gasteiger partial charge is 0.492 e. The molecule has 1 N–H and O–H groups in total. The van der Waals surface area contributed by atoms with Crippen LogP contribution < -0.4 is 10.1 Å². The fourth-order valence-corrected chi connectivity index (χ4v) is 1.94. The van der Waals surface area contributed by atoms with Crippen LogP contribution in [-0.2, 0) is 4.79 Å². The highest BCUT2D eigenvalue weighted by Gasteiger charge is 2.09. The van der Waals surface area contributed by atoms with Crippen molar-refractivity contribution in [2.24, 2.45) is 0 Å². The SMILES string of the molecule is CNCCN(C)C(=O)CCCOc1cccc(Cl)c1Cl.Cl. The van der Waals surface area contributed by atoms with E-state index in [4.69, 9.17) is 27.9 Å². The maximum absolute atomic E-state index is 11.8. The van der Waals surface area contributed by atoms with E-state index in [-0.39, 0.29) is 18.3 Å². The van der Waals surface area contributed by atoms with Crippen molar-refractivity contribution in [3.05, 3.63) is 28.2 Å². The van der Waals surface area contributed by atoms with Crippen molar-refractivity contribution in [2.75, 3.05) is 33.8 Å². The van der Waals surface area contributed by atoms with E-state index in [1.807, 2.05) is 7.05 Å². The van der Waals surface area contributed by atoms with Crippen molar-refractivity contribution < 1.29 is 9.53 Å². The van der Waals surface area contributed by atoms with E-state index in [2.05, 4.69) is 5.32 Å². The highest BCUT2D eigenvalue weighted by Crippen LogP contribution is 2.31. The van der Waals surface area contributed by atoms with Crippen molar-refractivity contribution >= 4 is 41.5 Å². The Hall–Kier alpha value is -0.680. The Morgan fingerprint density at radius 2 is 2.10 bits per heavy atom. The van der Waals surface area contributed by atoms with Crippen LogP contribution in [0.25, 0.3) is 0 Å². The molecule has 0 fully saturated rings. The second-order valence-electron chi connectivity index (χ2n) is 4.42. The monoisotopic (exact) mass is 354 g/mol. The molecular formula is C14H21Cl3N2O2. The quantitative estimate of drug-likeness (QED) is 0.728. The van der Waals surface area contributed by atoms with Crippen molar-refractivity contribution in [3.63, 3.8) is 0 Å². The molecule has 0 aliphatic rings. The number of benzene rings is 1. The third-order valence-electron chi connectivity index (χ3n) is 2.83. The minimum Gasteiger partial charge on any atom is -0.492 e. The van der Waals surface area contributed by atoms with Gasteiger partial charge in [-0.3, -0.25) is 4.79 Å². The fourth-order valence-electron chi connectivity index (χ4n) is 1.60. The third kappa shape index (κ3) is 7.23. The van der Waals surface area contributed by atoms with Gasteiger partial charge in [-0.25, -0.2) is 0 Å². The lowest BCUT2D eigenvalue weighted by Gasteiger charge is -2.16. The lowest BCUT2D eigenvalue weighted by atomic mass is 10.3. The summed E-state index contributed by atoms with van der Waals surface area (Å²) in [6, 6.07) is 5.24. The van der Waals surface area contributed by atoms with E-state index < -0.39 is 0 Å². The number of carbonyl (C=O) groups excluding carboxylic acids is 1. The topological polar surface area (TPSA) is 41.6 Å². The van der Waals surface area contributed by atoms with Crippen LogP contribution in [0.4, 0.5) is 0 Å². The summed E-state index contributed by atoms with van der Waals surface area (Å²) in [6.07, 6.45) is 1.10. The van der Waals surface area contributed by atoms with Gasteiger partial charge in [0.05, 0.1) is 11.6 Å². The van der Waals surface area contributed by atoms with E-state index in [9.17, 15) is 4.79 Å². The average Bonchev–Trinajstić information content (AvgIpc) is 2.44. The molecule has 21 heavy (non-hydrogen) atoms. The number of halogens is 3. The first-order chi connectivity index (χ1) is 9.56. The molecule has 0 aliphatic carbocycles. The number of amides is 1. The van der Waals surface area contributed by atoms with Crippen LogP contribution in [0, 0.1) is 0 Å². The van der Waals surface area contributed by atoms with Crippen LogP contribution in [0.3, 0.4) is 0 Å². The Morgan fingerprint density at radius 3 is 2.76 bits per heavy atom. The van der Waals surface area contributed by atoms with E-state index in [0.29, 0.717) is 41.8 Å². The van der Waals surface area contributed by atoms with Gasteiger partial charge in [0.15, 0.2) is 0 Å². The molecule has 4 nitrogen and oxygen atoms in total. The minimum absolute atomic E-state index is 0. The van der Waals surface area contributed by atoms with Crippen LogP contribution in [0.15, 0.2) is 18.2 Å². The van der Waals surface area contributed by atoms with Crippen molar-refractivity contribution in [2.45, 2.75) is 12.8 Å². The Bertz CT molecular complexity index is 444. The van der Waals surface area contributed by atoms with Gasteiger partial charge in [0.2, 0.25) is 5.91 Å². The number of nitrogens with zero attached hydrogens (tertiary/aromatic N) is 1. The molecule has 0 aromatic heterocycles.